The molecule has 5 heteroatoms. The van der Waals surface area contributed by atoms with Gasteiger partial charge in [0, 0.05) is 11.0 Å². The van der Waals surface area contributed by atoms with E-state index >= 15 is 0 Å². The Bertz CT molecular complexity index is 794. The number of rotatable bonds is 5. The topological polar surface area (TPSA) is 42.2 Å². The molecule has 0 bridgehead atoms. The summed E-state index contributed by atoms with van der Waals surface area (Å²) in [6.07, 6.45) is 3.17. The number of furan rings is 1. The first-order valence-corrected chi connectivity index (χ1v) is 9.00. The number of halogens is 1. The molecule has 1 atom stereocenters. The van der Waals surface area contributed by atoms with Gasteiger partial charge in [-0.25, -0.2) is 0 Å². The SMILES string of the molecule is O=C(/C=C\c1ccc(I)o1)N[C@@H](c1ccccc1)c1cccs1. The molecule has 0 aliphatic carbocycles. The van der Waals surface area contributed by atoms with Crippen molar-refractivity contribution in [2.24, 2.45) is 0 Å². The molecule has 116 valence electrons. The zero-order valence-electron chi connectivity index (χ0n) is 12.1. The van der Waals surface area contributed by atoms with Gasteiger partial charge in [0.2, 0.25) is 5.91 Å². The summed E-state index contributed by atoms with van der Waals surface area (Å²) in [7, 11) is 0. The van der Waals surface area contributed by atoms with Crippen LogP contribution < -0.4 is 5.32 Å². The third-order valence-electron chi connectivity index (χ3n) is 3.24. The Kier molecular flexibility index (Phi) is 5.30. The van der Waals surface area contributed by atoms with Crippen LogP contribution in [0, 0.1) is 3.77 Å². The van der Waals surface area contributed by atoms with E-state index in [0.717, 1.165) is 14.2 Å². The van der Waals surface area contributed by atoms with E-state index in [1.54, 1.807) is 17.4 Å². The van der Waals surface area contributed by atoms with Crippen molar-refractivity contribution < 1.29 is 9.21 Å². The van der Waals surface area contributed by atoms with Gasteiger partial charge in [-0.1, -0.05) is 36.4 Å². The summed E-state index contributed by atoms with van der Waals surface area (Å²) in [6, 6.07) is 17.5. The van der Waals surface area contributed by atoms with E-state index in [0.29, 0.717) is 5.76 Å². The van der Waals surface area contributed by atoms with Crippen LogP contribution in [0.4, 0.5) is 0 Å². The molecule has 0 saturated heterocycles. The molecule has 0 aliphatic heterocycles. The number of thiophene rings is 1. The maximum Gasteiger partial charge on any atom is 0.244 e. The highest BCUT2D eigenvalue weighted by atomic mass is 127. The van der Waals surface area contributed by atoms with Crippen LogP contribution in [0.1, 0.15) is 22.2 Å². The summed E-state index contributed by atoms with van der Waals surface area (Å²) < 4.78 is 6.21. The van der Waals surface area contributed by atoms with Gasteiger partial charge in [0.1, 0.15) is 5.76 Å². The number of benzene rings is 1. The Labute approximate surface area is 152 Å². The lowest BCUT2D eigenvalue weighted by Crippen LogP contribution is -2.27. The van der Waals surface area contributed by atoms with Crippen LogP contribution in [-0.4, -0.2) is 5.91 Å². The lowest BCUT2D eigenvalue weighted by atomic mass is 10.1. The molecule has 1 aromatic carbocycles. The van der Waals surface area contributed by atoms with Gasteiger partial charge in [0.25, 0.3) is 0 Å². The van der Waals surface area contributed by atoms with E-state index in [2.05, 4.69) is 27.9 Å². The Morgan fingerprint density at radius 1 is 1.13 bits per heavy atom. The number of hydrogen-bond acceptors (Lipinski definition) is 3. The Balaban J connectivity index is 1.76. The van der Waals surface area contributed by atoms with Crippen molar-refractivity contribution in [3.05, 3.63) is 86.0 Å². The van der Waals surface area contributed by atoms with Crippen LogP contribution in [0.25, 0.3) is 6.08 Å². The zero-order valence-corrected chi connectivity index (χ0v) is 15.1. The van der Waals surface area contributed by atoms with Gasteiger partial charge in [-0.2, -0.15) is 0 Å². The standard InChI is InChI=1S/C18H14INO2S/c19-16-10-8-14(22-16)9-11-17(21)20-18(15-7-4-12-23-15)13-5-2-1-3-6-13/h1-12,18H,(H,20,21)/b11-9-/t18-/m0/s1. The summed E-state index contributed by atoms with van der Waals surface area (Å²) >= 11 is 3.72. The zero-order chi connectivity index (χ0) is 16.1. The average Bonchev–Trinajstić information content (AvgIpc) is 3.23. The van der Waals surface area contributed by atoms with Crippen molar-refractivity contribution in [1.29, 1.82) is 0 Å². The molecular formula is C18H14INO2S. The first-order valence-electron chi connectivity index (χ1n) is 7.04. The van der Waals surface area contributed by atoms with Gasteiger partial charge in [-0.3, -0.25) is 4.79 Å². The second-order valence-electron chi connectivity index (χ2n) is 4.84. The van der Waals surface area contributed by atoms with Crippen LogP contribution in [-0.2, 0) is 4.79 Å². The molecule has 0 fully saturated rings. The lowest BCUT2D eigenvalue weighted by molar-refractivity contribution is -0.116. The van der Waals surface area contributed by atoms with Gasteiger partial charge in [-0.05, 0) is 57.8 Å². The highest BCUT2D eigenvalue weighted by molar-refractivity contribution is 14.1. The number of amides is 1. The number of hydrogen-bond donors (Lipinski definition) is 1. The first-order chi connectivity index (χ1) is 11.2. The molecule has 0 unspecified atom stereocenters. The maximum absolute atomic E-state index is 12.3. The van der Waals surface area contributed by atoms with Crippen LogP contribution in [0.15, 0.2) is 70.5 Å². The molecule has 3 nitrogen and oxygen atoms in total. The van der Waals surface area contributed by atoms with Crippen molar-refractivity contribution in [3.8, 4) is 0 Å². The van der Waals surface area contributed by atoms with Crippen LogP contribution in [0.5, 0.6) is 0 Å². The highest BCUT2D eigenvalue weighted by Crippen LogP contribution is 2.25. The van der Waals surface area contributed by atoms with Gasteiger partial charge >= 0.3 is 0 Å². The molecule has 1 amide bonds. The van der Waals surface area contributed by atoms with E-state index in [-0.39, 0.29) is 11.9 Å². The molecule has 1 N–H and O–H groups in total. The Morgan fingerprint density at radius 3 is 2.61 bits per heavy atom. The molecule has 0 aliphatic rings. The molecular weight excluding hydrogens is 421 g/mol. The third-order valence-corrected chi connectivity index (χ3v) is 4.76. The summed E-state index contributed by atoms with van der Waals surface area (Å²) in [5.41, 5.74) is 1.06. The fraction of sp³-hybridized carbons (Fsp3) is 0.0556. The van der Waals surface area contributed by atoms with Gasteiger partial charge < -0.3 is 9.73 Å². The third kappa shape index (κ3) is 4.33. The summed E-state index contributed by atoms with van der Waals surface area (Å²) in [4.78, 5) is 13.4. The summed E-state index contributed by atoms with van der Waals surface area (Å²) in [6.45, 7) is 0. The minimum Gasteiger partial charge on any atom is -0.451 e. The molecule has 0 spiro atoms. The van der Waals surface area contributed by atoms with Gasteiger partial charge in [-0.15, -0.1) is 11.3 Å². The van der Waals surface area contributed by atoms with Crippen molar-refractivity contribution in [2.45, 2.75) is 6.04 Å². The smallest absolute Gasteiger partial charge is 0.244 e. The van der Waals surface area contributed by atoms with E-state index in [1.165, 1.54) is 6.08 Å². The minimum atomic E-state index is -0.154. The Hall–Kier alpha value is -1.86. The first kappa shape index (κ1) is 16.0. The average molecular weight is 435 g/mol. The van der Waals surface area contributed by atoms with Gasteiger partial charge in [0.15, 0.2) is 3.77 Å². The highest BCUT2D eigenvalue weighted by Gasteiger charge is 2.16. The quantitative estimate of drug-likeness (QED) is 0.459. The largest absolute Gasteiger partial charge is 0.451 e. The van der Waals surface area contributed by atoms with Crippen molar-refractivity contribution in [1.82, 2.24) is 5.32 Å². The maximum atomic E-state index is 12.3. The van der Waals surface area contributed by atoms with E-state index in [1.807, 2.05) is 60.0 Å². The lowest BCUT2D eigenvalue weighted by Gasteiger charge is -2.17. The van der Waals surface area contributed by atoms with E-state index in [4.69, 9.17) is 4.42 Å². The molecule has 0 saturated carbocycles. The monoisotopic (exact) mass is 435 g/mol. The molecule has 3 rings (SSSR count). The molecule has 2 aromatic heterocycles. The molecule has 0 radical (unpaired) electrons. The minimum absolute atomic E-state index is 0.148. The van der Waals surface area contributed by atoms with Crippen LogP contribution >= 0.6 is 33.9 Å². The molecule has 2 heterocycles. The van der Waals surface area contributed by atoms with Gasteiger partial charge in [0.05, 0.1) is 6.04 Å². The second-order valence-corrected chi connectivity index (χ2v) is 6.89. The molecule has 23 heavy (non-hydrogen) atoms. The predicted octanol–water partition coefficient (Wildman–Crippen LogP) is 4.86. The predicted molar refractivity (Wildman–Crippen MR) is 101 cm³/mol. The van der Waals surface area contributed by atoms with Crippen molar-refractivity contribution in [3.63, 3.8) is 0 Å². The van der Waals surface area contributed by atoms with Crippen molar-refractivity contribution in [2.75, 3.05) is 0 Å². The number of nitrogens with one attached hydrogen (secondary N) is 1. The summed E-state index contributed by atoms with van der Waals surface area (Å²) in [5.74, 6) is 0.510. The number of carbonyl (C=O) groups excluding carboxylic acids is 1. The van der Waals surface area contributed by atoms with Crippen molar-refractivity contribution >= 4 is 45.9 Å². The van der Waals surface area contributed by atoms with Crippen LogP contribution in [0.3, 0.4) is 0 Å². The fourth-order valence-electron chi connectivity index (χ4n) is 2.19. The Morgan fingerprint density at radius 2 is 1.96 bits per heavy atom. The van der Waals surface area contributed by atoms with E-state index in [9.17, 15) is 4.79 Å². The number of carbonyl (C=O) groups is 1. The van der Waals surface area contributed by atoms with Crippen LogP contribution in [0.2, 0.25) is 0 Å². The molecule has 3 aromatic rings. The normalized spacial score (nSPS) is 12.4. The fourth-order valence-corrected chi connectivity index (χ4v) is 3.42. The van der Waals surface area contributed by atoms with E-state index < -0.39 is 0 Å². The summed E-state index contributed by atoms with van der Waals surface area (Å²) in [5, 5.41) is 5.07. The second kappa shape index (κ2) is 7.61.